The van der Waals surface area contributed by atoms with Crippen molar-refractivity contribution in [1.82, 2.24) is 0 Å². The second-order valence-corrected chi connectivity index (χ2v) is 2.80. The SMILES string of the molecule is C=Cc1ccc(-c2ccco2)cc1. The van der Waals surface area contributed by atoms with Gasteiger partial charge in [0, 0.05) is 5.56 Å². The number of benzene rings is 1. The van der Waals surface area contributed by atoms with Crippen molar-refractivity contribution in [3.63, 3.8) is 0 Å². The standard InChI is InChI=1S/C12H10O/c1-2-10-5-7-11(8-6-10)12-4-3-9-13-12/h2-9H,1H2. The van der Waals surface area contributed by atoms with Crippen molar-refractivity contribution in [2.24, 2.45) is 0 Å². The molecule has 0 radical (unpaired) electrons. The number of furan rings is 1. The Morgan fingerprint density at radius 1 is 1.08 bits per heavy atom. The van der Waals surface area contributed by atoms with Crippen LogP contribution >= 0.6 is 0 Å². The first-order valence-electron chi connectivity index (χ1n) is 4.16. The summed E-state index contributed by atoms with van der Waals surface area (Å²) in [5.74, 6) is 0.899. The summed E-state index contributed by atoms with van der Waals surface area (Å²) in [4.78, 5) is 0. The van der Waals surface area contributed by atoms with E-state index in [0.29, 0.717) is 0 Å². The van der Waals surface area contributed by atoms with Gasteiger partial charge in [-0.3, -0.25) is 0 Å². The molecule has 0 spiro atoms. The predicted molar refractivity (Wildman–Crippen MR) is 54.2 cm³/mol. The van der Waals surface area contributed by atoms with Crippen LogP contribution in [-0.2, 0) is 0 Å². The van der Waals surface area contributed by atoms with Gasteiger partial charge in [0.25, 0.3) is 0 Å². The highest BCUT2D eigenvalue weighted by atomic mass is 16.3. The van der Waals surface area contributed by atoms with Gasteiger partial charge in [0.2, 0.25) is 0 Å². The molecule has 1 nitrogen and oxygen atoms in total. The number of hydrogen-bond acceptors (Lipinski definition) is 1. The predicted octanol–water partition coefficient (Wildman–Crippen LogP) is 3.59. The van der Waals surface area contributed by atoms with Crippen molar-refractivity contribution in [1.29, 1.82) is 0 Å². The number of hydrogen-bond donors (Lipinski definition) is 0. The Morgan fingerprint density at radius 2 is 1.85 bits per heavy atom. The van der Waals surface area contributed by atoms with Crippen LogP contribution in [0.25, 0.3) is 17.4 Å². The lowest BCUT2D eigenvalue weighted by Crippen LogP contribution is -1.74. The van der Waals surface area contributed by atoms with Gasteiger partial charge in [0.1, 0.15) is 5.76 Å². The smallest absolute Gasteiger partial charge is 0.133 e. The molecule has 0 aliphatic heterocycles. The second kappa shape index (κ2) is 3.31. The highest BCUT2D eigenvalue weighted by molar-refractivity contribution is 5.60. The summed E-state index contributed by atoms with van der Waals surface area (Å²) in [6.45, 7) is 3.70. The molecule has 0 N–H and O–H groups in total. The van der Waals surface area contributed by atoms with Gasteiger partial charge < -0.3 is 4.42 Å². The minimum Gasteiger partial charge on any atom is -0.464 e. The molecule has 0 saturated carbocycles. The maximum absolute atomic E-state index is 5.27. The maximum Gasteiger partial charge on any atom is 0.133 e. The average Bonchev–Trinajstić information content (AvgIpc) is 2.71. The molecule has 0 bridgehead atoms. The molecular weight excluding hydrogens is 160 g/mol. The molecule has 0 unspecified atom stereocenters. The third-order valence-electron chi connectivity index (χ3n) is 1.95. The van der Waals surface area contributed by atoms with Gasteiger partial charge in [-0.05, 0) is 17.7 Å². The fraction of sp³-hybridized carbons (Fsp3) is 0. The van der Waals surface area contributed by atoms with E-state index < -0.39 is 0 Å². The van der Waals surface area contributed by atoms with Gasteiger partial charge in [-0.25, -0.2) is 0 Å². The summed E-state index contributed by atoms with van der Waals surface area (Å²) < 4.78 is 5.27. The molecule has 1 heterocycles. The number of rotatable bonds is 2. The first kappa shape index (κ1) is 7.87. The summed E-state index contributed by atoms with van der Waals surface area (Å²) in [7, 11) is 0. The van der Waals surface area contributed by atoms with Crippen LogP contribution in [0.3, 0.4) is 0 Å². The molecule has 1 aromatic heterocycles. The minimum absolute atomic E-state index is 0.899. The normalized spacial score (nSPS) is 9.85. The van der Waals surface area contributed by atoms with Crippen molar-refractivity contribution in [3.05, 3.63) is 54.8 Å². The van der Waals surface area contributed by atoms with Crippen LogP contribution in [0.15, 0.2) is 53.7 Å². The van der Waals surface area contributed by atoms with E-state index in [1.54, 1.807) is 6.26 Å². The van der Waals surface area contributed by atoms with E-state index in [1.807, 2.05) is 42.5 Å². The fourth-order valence-corrected chi connectivity index (χ4v) is 1.23. The van der Waals surface area contributed by atoms with Crippen LogP contribution in [0.4, 0.5) is 0 Å². The maximum atomic E-state index is 5.27. The van der Waals surface area contributed by atoms with E-state index in [2.05, 4.69) is 6.58 Å². The zero-order chi connectivity index (χ0) is 9.10. The lowest BCUT2D eigenvalue weighted by molar-refractivity contribution is 0.582. The summed E-state index contributed by atoms with van der Waals surface area (Å²) in [5.41, 5.74) is 2.21. The first-order chi connectivity index (χ1) is 6.40. The van der Waals surface area contributed by atoms with E-state index in [1.165, 1.54) is 0 Å². The Hall–Kier alpha value is -1.76. The molecule has 64 valence electrons. The molecule has 2 aromatic rings. The van der Waals surface area contributed by atoms with Crippen LogP contribution in [-0.4, -0.2) is 0 Å². The minimum atomic E-state index is 0.899. The van der Waals surface area contributed by atoms with Crippen molar-refractivity contribution in [2.75, 3.05) is 0 Å². The van der Waals surface area contributed by atoms with Crippen LogP contribution < -0.4 is 0 Å². The molecule has 0 atom stereocenters. The third-order valence-corrected chi connectivity index (χ3v) is 1.95. The molecule has 0 fully saturated rings. The lowest BCUT2D eigenvalue weighted by atomic mass is 10.1. The molecule has 0 aliphatic rings. The third kappa shape index (κ3) is 1.54. The summed E-state index contributed by atoms with van der Waals surface area (Å²) in [6.07, 6.45) is 3.50. The quantitative estimate of drug-likeness (QED) is 0.671. The monoisotopic (exact) mass is 170 g/mol. The summed E-state index contributed by atoms with van der Waals surface area (Å²) in [6, 6.07) is 11.9. The van der Waals surface area contributed by atoms with Gasteiger partial charge in [-0.15, -0.1) is 0 Å². The topological polar surface area (TPSA) is 13.1 Å². The summed E-state index contributed by atoms with van der Waals surface area (Å²) >= 11 is 0. The van der Waals surface area contributed by atoms with E-state index >= 15 is 0 Å². The largest absolute Gasteiger partial charge is 0.464 e. The Kier molecular flexibility index (Phi) is 2.01. The average molecular weight is 170 g/mol. The Labute approximate surface area is 77.3 Å². The Balaban J connectivity index is 2.38. The zero-order valence-corrected chi connectivity index (χ0v) is 7.23. The second-order valence-electron chi connectivity index (χ2n) is 2.80. The highest BCUT2D eigenvalue weighted by Gasteiger charge is 1.98. The highest BCUT2D eigenvalue weighted by Crippen LogP contribution is 2.19. The molecular formula is C12H10O. The van der Waals surface area contributed by atoms with Crippen LogP contribution in [0.1, 0.15) is 5.56 Å². The molecule has 1 heteroatoms. The molecule has 1 aromatic carbocycles. The zero-order valence-electron chi connectivity index (χ0n) is 7.23. The molecule has 0 aliphatic carbocycles. The van der Waals surface area contributed by atoms with Crippen molar-refractivity contribution in [3.8, 4) is 11.3 Å². The van der Waals surface area contributed by atoms with Gasteiger partial charge in [0.15, 0.2) is 0 Å². The van der Waals surface area contributed by atoms with Gasteiger partial charge in [-0.1, -0.05) is 36.9 Å². The Bertz CT molecular complexity index is 382. The van der Waals surface area contributed by atoms with Gasteiger partial charge >= 0.3 is 0 Å². The molecule has 13 heavy (non-hydrogen) atoms. The van der Waals surface area contributed by atoms with Crippen molar-refractivity contribution >= 4 is 6.08 Å². The van der Waals surface area contributed by atoms with Gasteiger partial charge in [-0.2, -0.15) is 0 Å². The first-order valence-corrected chi connectivity index (χ1v) is 4.16. The van der Waals surface area contributed by atoms with Crippen LogP contribution in [0.2, 0.25) is 0 Å². The molecule has 0 saturated heterocycles. The van der Waals surface area contributed by atoms with Gasteiger partial charge in [0.05, 0.1) is 6.26 Å². The fourth-order valence-electron chi connectivity index (χ4n) is 1.23. The lowest BCUT2D eigenvalue weighted by Gasteiger charge is -1.96. The van der Waals surface area contributed by atoms with Crippen LogP contribution in [0.5, 0.6) is 0 Å². The van der Waals surface area contributed by atoms with Crippen molar-refractivity contribution < 1.29 is 4.42 Å². The van der Waals surface area contributed by atoms with Crippen LogP contribution in [0, 0.1) is 0 Å². The van der Waals surface area contributed by atoms with E-state index in [9.17, 15) is 0 Å². The molecule has 2 rings (SSSR count). The van der Waals surface area contributed by atoms with Crippen molar-refractivity contribution in [2.45, 2.75) is 0 Å². The van der Waals surface area contributed by atoms with E-state index in [4.69, 9.17) is 4.42 Å². The Morgan fingerprint density at radius 3 is 2.38 bits per heavy atom. The van der Waals surface area contributed by atoms with E-state index in [0.717, 1.165) is 16.9 Å². The molecule has 0 amide bonds. The van der Waals surface area contributed by atoms with E-state index in [-0.39, 0.29) is 0 Å². The summed E-state index contributed by atoms with van der Waals surface area (Å²) in [5, 5.41) is 0.